The third kappa shape index (κ3) is 2.88. The number of aromatic nitrogens is 3. The highest BCUT2D eigenvalue weighted by atomic mass is 127. The van der Waals surface area contributed by atoms with Crippen LogP contribution in [0.15, 0.2) is 18.2 Å². The molecule has 0 aliphatic heterocycles. The van der Waals surface area contributed by atoms with Crippen molar-refractivity contribution in [1.29, 1.82) is 5.26 Å². The summed E-state index contributed by atoms with van der Waals surface area (Å²) in [5.41, 5.74) is 2.01. The number of rotatable bonds is 3. The molecule has 2 rings (SSSR count). The van der Waals surface area contributed by atoms with E-state index in [1.54, 1.807) is 16.8 Å². The lowest BCUT2D eigenvalue weighted by Crippen LogP contribution is -2.08. The lowest BCUT2D eigenvalue weighted by Gasteiger charge is -2.14. The van der Waals surface area contributed by atoms with Crippen LogP contribution in [0.1, 0.15) is 30.0 Å². The van der Waals surface area contributed by atoms with Gasteiger partial charge in [0.05, 0.1) is 6.10 Å². The van der Waals surface area contributed by atoms with E-state index >= 15 is 0 Å². The van der Waals surface area contributed by atoms with Crippen molar-refractivity contribution in [2.24, 2.45) is 0 Å². The van der Waals surface area contributed by atoms with Crippen LogP contribution in [0.3, 0.4) is 0 Å². The van der Waals surface area contributed by atoms with E-state index in [2.05, 4.69) is 10.1 Å². The molecule has 5 nitrogen and oxygen atoms in total. The molecule has 0 N–H and O–H groups in total. The topological polar surface area (TPSA) is 63.7 Å². The Balaban J connectivity index is 2.63. The fourth-order valence-corrected chi connectivity index (χ4v) is 2.13. The number of pyridine rings is 1. The summed E-state index contributed by atoms with van der Waals surface area (Å²) in [4.78, 5) is 4.29. The standard InChI is InChI=1S/C12H10ClIN4O/c1-7-5-9(6-15)17-18(7)12-10(8(2)19-14)3-4-11(13)16-12/h3-5,8H,1-2H3/t8-/m0/s1. The summed E-state index contributed by atoms with van der Waals surface area (Å²) >= 11 is 7.79. The lowest BCUT2D eigenvalue weighted by atomic mass is 10.1. The molecule has 0 fully saturated rings. The summed E-state index contributed by atoms with van der Waals surface area (Å²) in [7, 11) is 0. The quantitative estimate of drug-likeness (QED) is 0.596. The SMILES string of the molecule is Cc1cc(C#N)nn1-c1nc(Cl)ccc1[C@H](C)OI. The summed E-state index contributed by atoms with van der Waals surface area (Å²) in [5, 5.41) is 13.5. The van der Waals surface area contributed by atoms with Crippen LogP contribution >= 0.6 is 34.6 Å². The number of nitrogens with zero attached hydrogens (tertiary/aromatic N) is 4. The van der Waals surface area contributed by atoms with Crippen LogP contribution in [0.5, 0.6) is 0 Å². The zero-order valence-electron chi connectivity index (χ0n) is 10.3. The average molecular weight is 389 g/mol. The Bertz CT molecular complexity index is 650. The van der Waals surface area contributed by atoms with Gasteiger partial charge in [-0.3, -0.25) is 0 Å². The lowest BCUT2D eigenvalue weighted by molar-refractivity contribution is 0.316. The van der Waals surface area contributed by atoms with E-state index in [4.69, 9.17) is 19.9 Å². The molecule has 98 valence electrons. The molecule has 0 aromatic carbocycles. The van der Waals surface area contributed by atoms with Crippen molar-refractivity contribution >= 4 is 34.6 Å². The summed E-state index contributed by atoms with van der Waals surface area (Å²) in [6.07, 6.45) is -0.158. The Morgan fingerprint density at radius 2 is 2.26 bits per heavy atom. The van der Waals surface area contributed by atoms with Gasteiger partial charge in [-0.2, -0.15) is 10.4 Å². The van der Waals surface area contributed by atoms with Gasteiger partial charge in [-0.25, -0.2) is 9.67 Å². The molecule has 0 aliphatic rings. The predicted octanol–water partition coefficient (Wildman–Crippen LogP) is 3.53. The molecule has 0 saturated carbocycles. The number of hydrogen-bond acceptors (Lipinski definition) is 4. The molecule has 0 amide bonds. The first kappa shape index (κ1) is 14.2. The predicted molar refractivity (Wildman–Crippen MR) is 79.3 cm³/mol. The van der Waals surface area contributed by atoms with E-state index in [0.29, 0.717) is 16.7 Å². The minimum atomic E-state index is -0.158. The zero-order valence-corrected chi connectivity index (χ0v) is 13.2. The monoisotopic (exact) mass is 388 g/mol. The molecule has 0 unspecified atom stereocenters. The van der Waals surface area contributed by atoms with Crippen molar-refractivity contribution in [2.45, 2.75) is 20.0 Å². The largest absolute Gasteiger partial charge is 0.308 e. The summed E-state index contributed by atoms with van der Waals surface area (Å²) in [6, 6.07) is 7.26. The molecule has 0 bridgehead atoms. The second-order valence-electron chi connectivity index (χ2n) is 3.97. The smallest absolute Gasteiger partial charge is 0.163 e. The van der Waals surface area contributed by atoms with Gasteiger partial charge in [0.25, 0.3) is 0 Å². The zero-order chi connectivity index (χ0) is 14.0. The van der Waals surface area contributed by atoms with Gasteiger partial charge in [-0.1, -0.05) is 11.6 Å². The number of nitriles is 1. The maximum absolute atomic E-state index is 8.90. The Kier molecular flexibility index (Phi) is 4.39. The van der Waals surface area contributed by atoms with Crippen LogP contribution in [-0.2, 0) is 3.07 Å². The fraction of sp³-hybridized carbons (Fsp3) is 0.250. The molecule has 0 aliphatic carbocycles. The average Bonchev–Trinajstić information content (AvgIpc) is 2.79. The van der Waals surface area contributed by atoms with Crippen LogP contribution in [-0.4, -0.2) is 14.8 Å². The molecule has 2 heterocycles. The molecular formula is C12H10ClIN4O. The first-order valence-corrected chi connectivity index (χ1v) is 6.73. The highest BCUT2D eigenvalue weighted by Gasteiger charge is 2.17. The van der Waals surface area contributed by atoms with Crippen LogP contribution in [0, 0.1) is 18.3 Å². The molecule has 0 radical (unpaired) electrons. The summed E-state index contributed by atoms with van der Waals surface area (Å²) < 4.78 is 6.90. The third-order valence-electron chi connectivity index (χ3n) is 2.65. The number of halogens is 2. The van der Waals surface area contributed by atoms with Crippen molar-refractivity contribution in [1.82, 2.24) is 14.8 Å². The van der Waals surface area contributed by atoms with Crippen LogP contribution in [0.4, 0.5) is 0 Å². The first-order valence-electron chi connectivity index (χ1n) is 5.47. The highest BCUT2D eigenvalue weighted by Crippen LogP contribution is 2.26. The van der Waals surface area contributed by atoms with Crippen LogP contribution in [0.2, 0.25) is 5.15 Å². The maximum Gasteiger partial charge on any atom is 0.163 e. The Labute approximate surface area is 129 Å². The van der Waals surface area contributed by atoms with E-state index in [1.165, 1.54) is 0 Å². The minimum absolute atomic E-state index is 0.158. The minimum Gasteiger partial charge on any atom is -0.308 e. The molecule has 7 heteroatoms. The first-order chi connectivity index (χ1) is 9.06. The molecule has 2 aromatic heterocycles. The molecule has 2 aromatic rings. The number of aryl methyl sites for hydroxylation is 1. The van der Waals surface area contributed by atoms with Gasteiger partial charge in [0.15, 0.2) is 11.5 Å². The Hall–Kier alpha value is -1.17. The summed E-state index contributed by atoms with van der Waals surface area (Å²) in [6.45, 7) is 3.76. The van der Waals surface area contributed by atoms with Crippen molar-refractivity contribution < 1.29 is 3.07 Å². The second kappa shape index (κ2) is 5.86. The van der Waals surface area contributed by atoms with Crippen molar-refractivity contribution in [3.05, 3.63) is 40.3 Å². The third-order valence-corrected chi connectivity index (χ3v) is 3.62. The van der Waals surface area contributed by atoms with Crippen molar-refractivity contribution in [3.63, 3.8) is 0 Å². The Morgan fingerprint density at radius 3 is 2.84 bits per heavy atom. The van der Waals surface area contributed by atoms with Gasteiger partial charge >= 0.3 is 0 Å². The van der Waals surface area contributed by atoms with E-state index < -0.39 is 0 Å². The normalized spacial score (nSPS) is 12.2. The highest BCUT2D eigenvalue weighted by molar-refractivity contribution is 14.1. The second-order valence-corrected chi connectivity index (χ2v) is 4.87. The summed E-state index contributed by atoms with van der Waals surface area (Å²) in [5.74, 6) is 0.579. The van der Waals surface area contributed by atoms with Crippen LogP contribution < -0.4 is 0 Å². The van der Waals surface area contributed by atoms with E-state index in [-0.39, 0.29) is 6.10 Å². The van der Waals surface area contributed by atoms with Gasteiger partial charge in [0, 0.05) is 11.3 Å². The van der Waals surface area contributed by atoms with Gasteiger partial charge < -0.3 is 3.07 Å². The van der Waals surface area contributed by atoms with Crippen molar-refractivity contribution in [2.75, 3.05) is 0 Å². The van der Waals surface area contributed by atoms with Gasteiger partial charge in [0.2, 0.25) is 0 Å². The van der Waals surface area contributed by atoms with Gasteiger partial charge in [0.1, 0.15) is 34.2 Å². The fourth-order valence-electron chi connectivity index (χ4n) is 1.71. The van der Waals surface area contributed by atoms with Gasteiger partial charge in [-0.05, 0) is 32.0 Å². The van der Waals surface area contributed by atoms with Crippen molar-refractivity contribution in [3.8, 4) is 11.9 Å². The van der Waals surface area contributed by atoms with E-state index in [9.17, 15) is 0 Å². The molecule has 0 spiro atoms. The molecule has 1 atom stereocenters. The molecule has 19 heavy (non-hydrogen) atoms. The maximum atomic E-state index is 8.90. The van der Waals surface area contributed by atoms with E-state index in [1.807, 2.05) is 49.0 Å². The van der Waals surface area contributed by atoms with E-state index in [0.717, 1.165) is 11.3 Å². The van der Waals surface area contributed by atoms with Crippen LogP contribution in [0.25, 0.3) is 5.82 Å². The Morgan fingerprint density at radius 1 is 1.53 bits per heavy atom. The van der Waals surface area contributed by atoms with Gasteiger partial charge in [-0.15, -0.1) is 0 Å². The number of hydrogen-bond donors (Lipinski definition) is 0. The molecule has 0 saturated heterocycles. The molecular weight excluding hydrogens is 379 g/mol.